The molecule has 0 atom stereocenters. The molecule has 0 aliphatic carbocycles. The molecule has 0 radical (unpaired) electrons. The molecule has 0 saturated carbocycles. The molecule has 1 aliphatic rings. The lowest BCUT2D eigenvalue weighted by Crippen LogP contribution is -2.41. The number of hydrogen-bond acceptors (Lipinski definition) is 6. The van der Waals surface area contributed by atoms with Gasteiger partial charge in [-0.2, -0.15) is 4.98 Å². The van der Waals surface area contributed by atoms with E-state index in [1.807, 2.05) is 4.90 Å². The second-order valence-electron chi connectivity index (χ2n) is 6.44. The summed E-state index contributed by atoms with van der Waals surface area (Å²) in [5, 5.41) is 7.03. The number of carbonyl (C=O) groups is 1. The van der Waals surface area contributed by atoms with Crippen LogP contribution in [0.3, 0.4) is 0 Å². The van der Waals surface area contributed by atoms with Crippen LogP contribution < -0.4 is 10.1 Å². The van der Waals surface area contributed by atoms with Crippen molar-refractivity contribution in [2.24, 2.45) is 0 Å². The summed E-state index contributed by atoms with van der Waals surface area (Å²) in [7, 11) is 1.53. The smallest absolute Gasteiger partial charge is 0.249 e. The van der Waals surface area contributed by atoms with Crippen LogP contribution in [-0.4, -0.2) is 65.4 Å². The van der Waals surface area contributed by atoms with E-state index >= 15 is 0 Å². The number of anilines is 1. The van der Waals surface area contributed by atoms with Gasteiger partial charge in [-0.25, -0.2) is 8.91 Å². The maximum absolute atomic E-state index is 13.7. The standard InChI is InChI=1S/C19H20FN5O3/c1-27-16-4-3-14(20)10-15(16)13-2-5-17-21-19(23-25(17)11-13)22-18(26)12-24-6-8-28-9-7-24/h2-5,10-11H,6-9,12H2,1H3,(H,22,23,26). The Labute approximate surface area is 160 Å². The van der Waals surface area contributed by atoms with E-state index in [1.54, 1.807) is 28.9 Å². The van der Waals surface area contributed by atoms with Crippen molar-refractivity contribution in [1.29, 1.82) is 0 Å². The number of halogens is 1. The molecule has 0 bridgehead atoms. The normalized spacial score (nSPS) is 14.9. The predicted molar refractivity (Wildman–Crippen MR) is 101 cm³/mol. The number of nitrogens with one attached hydrogen (secondary N) is 1. The van der Waals surface area contributed by atoms with Crippen LogP contribution in [0, 0.1) is 5.82 Å². The lowest BCUT2D eigenvalue weighted by Gasteiger charge is -2.25. The number of rotatable bonds is 5. The fourth-order valence-electron chi connectivity index (χ4n) is 3.13. The lowest BCUT2D eigenvalue weighted by atomic mass is 10.1. The molecule has 1 aliphatic heterocycles. The maximum Gasteiger partial charge on any atom is 0.249 e. The molecule has 28 heavy (non-hydrogen) atoms. The molecule has 1 fully saturated rings. The predicted octanol–water partition coefficient (Wildman–Crippen LogP) is 1.81. The first kappa shape index (κ1) is 18.3. The van der Waals surface area contributed by atoms with Crippen molar-refractivity contribution in [3.63, 3.8) is 0 Å². The van der Waals surface area contributed by atoms with Gasteiger partial charge in [0.1, 0.15) is 11.6 Å². The van der Waals surface area contributed by atoms with Gasteiger partial charge in [-0.3, -0.25) is 15.0 Å². The van der Waals surface area contributed by atoms with Crippen LogP contribution in [0.5, 0.6) is 5.75 Å². The molecule has 4 rings (SSSR count). The van der Waals surface area contributed by atoms with Gasteiger partial charge in [0.15, 0.2) is 5.65 Å². The third kappa shape index (κ3) is 3.95. The van der Waals surface area contributed by atoms with Crippen LogP contribution in [-0.2, 0) is 9.53 Å². The number of benzene rings is 1. The summed E-state index contributed by atoms with van der Waals surface area (Å²) >= 11 is 0. The Kier molecular flexibility index (Phi) is 5.18. The van der Waals surface area contributed by atoms with Crippen molar-refractivity contribution in [1.82, 2.24) is 19.5 Å². The summed E-state index contributed by atoms with van der Waals surface area (Å²) in [4.78, 5) is 18.6. The number of fused-ring (bicyclic) bond motifs is 1. The summed E-state index contributed by atoms with van der Waals surface area (Å²) < 4.78 is 25.8. The zero-order valence-corrected chi connectivity index (χ0v) is 15.4. The van der Waals surface area contributed by atoms with Gasteiger partial charge >= 0.3 is 0 Å². The van der Waals surface area contributed by atoms with Crippen LogP contribution in [0.4, 0.5) is 10.3 Å². The van der Waals surface area contributed by atoms with E-state index in [0.29, 0.717) is 30.2 Å². The topological polar surface area (TPSA) is 81.0 Å². The van der Waals surface area contributed by atoms with Crippen molar-refractivity contribution in [3.05, 3.63) is 42.3 Å². The highest BCUT2D eigenvalue weighted by molar-refractivity contribution is 5.90. The molecule has 3 heterocycles. The van der Waals surface area contributed by atoms with Crippen LogP contribution in [0.1, 0.15) is 0 Å². The van der Waals surface area contributed by atoms with Crippen LogP contribution in [0.2, 0.25) is 0 Å². The quantitative estimate of drug-likeness (QED) is 0.722. The third-order valence-electron chi connectivity index (χ3n) is 4.53. The Balaban J connectivity index is 1.53. The number of amides is 1. The first-order chi connectivity index (χ1) is 13.6. The number of methoxy groups -OCH3 is 1. The fourth-order valence-corrected chi connectivity index (χ4v) is 3.13. The SMILES string of the molecule is COc1ccc(F)cc1-c1ccc2nc(NC(=O)CN3CCOCC3)nn2c1. The maximum atomic E-state index is 13.7. The van der Waals surface area contributed by atoms with E-state index in [1.165, 1.54) is 19.2 Å². The minimum atomic E-state index is -0.356. The second-order valence-corrected chi connectivity index (χ2v) is 6.44. The van der Waals surface area contributed by atoms with Crippen LogP contribution in [0.15, 0.2) is 36.5 Å². The molecule has 9 heteroatoms. The molecule has 1 saturated heterocycles. The Morgan fingerprint density at radius 2 is 2.11 bits per heavy atom. The van der Waals surface area contributed by atoms with E-state index in [4.69, 9.17) is 9.47 Å². The molecule has 1 amide bonds. The fraction of sp³-hybridized carbons (Fsp3) is 0.316. The van der Waals surface area contributed by atoms with Gasteiger partial charge in [0.05, 0.1) is 26.9 Å². The Morgan fingerprint density at radius 3 is 2.89 bits per heavy atom. The first-order valence-corrected chi connectivity index (χ1v) is 8.93. The summed E-state index contributed by atoms with van der Waals surface area (Å²) in [5.74, 6) is 0.247. The Bertz CT molecular complexity index is 1000. The monoisotopic (exact) mass is 385 g/mol. The molecule has 8 nitrogen and oxygen atoms in total. The number of aromatic nitrogens is 3. The molecule has 2 aromatic heterocycles. The summed E-state index contributed by atoms with van der Waals surface area (Å²) in [6, 6.07) is 7.89. The molecule has 1 N–H and O–H groups in total. The van der Waals surface area contributed by atoms with E-state index in [0.717, 1.165) is 18.7 Å². The van der Waals surface area contributed by atoms with Crippen LogP contribution in [0.25, 0.3) is 16.8 Å². The van der Waals surface area contributed by atoms with Crippen molar-refractivity contribution < 1.29 is 18.7 Å². The summed E-state index contributed by atoms with van der Waals surface area (Å²) in [6.45, 7) is 2.98. The molecular weight excluding hydrogens is 365 g/mol. The van der Waals surface area contributed by atoms with Crippen molar-refractivity contribution in [3.8, 4) is 16.9 Å². The highest BCUT2D eigenvalue weighted by atomic mass is 19.1. The number of nitrogens with zero attached hydrogens (tertiary/aromatic N) is 4. The zero-order valence-electron chi connectivity index (χ0n) is 15.4. The van der Waals surface area contributed by atoms with Crippen LogP contribution >= 0.6 is 0 Å². The second kappa shape index (κ2) is 7.91. The molecular formula is C19H20FN5O3. The minimum Gasteiger partial charge on any atom is -0.496 e. The van der Waals surface area contributed by atoms with E-state index < -0.39 is 0 Å². The highest BCUT2D eigenvalue weighted by Gasteiger charge is 2.16. The largest absolute Gasteiger partial charge is 0.496 e. The molecule has 1 aromatic carbocycles. The van der Waals surface area contributed by atoms with E-state index in [-0.39, 0.29) is 24.2 Å². The molecule has 3 aromatic rings. The van der Waals surface area contributed by atoms with Gasteiger partial charge in [-0.05, 0) is 30.3 Å². The van der Waals surface area contributed by atoms with Gasteiger partial charge in [0, 0.05) is 30.4 Å². The minimum absolute atomic E-state index is 0.176. The highest BCUT2D eigenvalue weighted by Crippen LogP contribution is 2.30. The Hall–Kier alpha value is -3.04. The van der Waals surface area contributed by atoms with Gasteiger partial charge in [0.2, 0.25) is 11.9 Å². The van der Waals surface area contributed by atoms with E-state index in [2.05, 4.69) is 15.4 Å². The summed E-state index contributed by atoms with van der Waals surface area (Å²) in [5.41, 5.74) is 1.90. The zero-order chi connectivity index (χ0) is 19.5. The molecule has 0 unspecified atom stereocenters. The average Bonchev–Trinajstić information content (AvgIpc) is 3.09. The average molecular weight is 385 g/mol. The van der Waals surface area contributed by atoms with Gasteiger partial charge in [0.25, 0.3) is 0 Å². The number of carbonyl (C=O) groups excluding carboxylic acids is 1. The van der Waals surface area contributed by atoms with Crippen molar-refractivity contribution in [2.75, 3.05) is 45.3 Å². The number of pyridine rings is 1. The number of hydrogen-bond donors (Lipinski definition) is 1. The van der Waals surface area contributed by atoms with Gasteiger partial charge in [-0.1, -0.05) is 0 Å². The van der Waals surface area contributed by atoms with Gasteiger partial charge < -0.3 is 9.47 Å². The molecule has 0 spiro atoms. The van der Waals surface area contributed by atoms with E-state index in [9.17, 15) is 9.18 Å². The van der Waals surface area contributed by atoms with Gasteiger partial charge in [-0.15, -0.1) is 5.10 Å². The first-order valence-electron chi connectivity index (χ1n) is 8.93. The lowest BCUT2D eigenvalue weighted by molar-refractivity contribution is -0.118. The molecule has 146 valence electrons. The Morgan fingerprint density at radius 1 is 1.29 bits per heavy atom. The summed E-state index contributed by atoms with van der Waals surface area (Å²) in [6.07, 6.45) is 1.72. The van der Waals surface area contributed by atoms with Crippen molar-refractivity contribution >= 4 is 17.5 Å². The number of morpholine rings is 1. The third-order valence-corrected chi connectivity index (χ3v) is 4.53. The van der Waals surface area contributed by atoms with Crippen molar-refractivity contribution in [2.45, 2.75) is 0 Å². The number of ether oxygens (including phenoxy) is 2.